The first-order valence-corrected chi connectivity index (χ1v) is 6.03. The number of aliphatic hydroxyl groups excluding tert-OH is 1. The molecule has 0 bridgehead atoms. The average molecular weight is 242 g/mol. The van der Waals surface area contributed by atoms with Gasteiger partial charge in [0.15, 0.2) is 0 Å². The van der Waals surface area contributed by atoms with E-state index in [-0.39, 0.29) is 6.61 Å². The Hall–Kier alpha value is -1.64. The third kappa shape index (κ3) is 2.78. The van der Waals surface area contributed by atoms with E-state index in [1.165, 1.54) is 16.7 Å². The molecule has 2 heteroatoms. The molecule has 1 N–H and O–H groups in total. The third-order valence-corrected chi connectivity index (χ3v) is 3.01. The molecule has 0 amide bonds. The molecule has 0 atom stereocenters. The summed E-state index contributed by atoms with van der Waals surface area (Å²) in [6, 6.07) is 14.4. The van der Waals surface area contributed by atoms with Gasteiger partial charge in [-0.1, -0.05) is 48.0 Å². The molecule has 0 aliphatic rings. The monoisotopic (exact) mass is 242 g/mol. The minimum absolute atomic E-state index is 0.0824. The van der Waals surface area contributed by atoms with Crippen LogP contribution in [-0.4, -0.2) is 12.2 Å². The molecule has 0 fully saturated rings. The van der Waals surface area contributed by atoms with Crippen LogP contribution in [0, 0.1) is 6.92 Å². The van der Waals surface area contributed by atoms with Crippen LogP contribution in [0.4, 0.5) is 0 Å². The molecule has 0 aliphatic heterocycles. The zero-order chi connectivity index (χ0) is 13.0. The Bertz CT molecular complexity index is 515. The van der Waals surface area contributed by atoms with Gasteiger partial charge in [-0.2, -0.15) is 0 Å². The number of ether oxygens (including phenoxy) is 1. The molecule has 2 aromatic carbocycles. The van der Waals surface area contributed by atoms with E-state index in [4.69, 9.17) is 9.84 Å². The van der Waals surface area contributed by atoms with Crippen LogP contribution in [-0.2, 0) is 18.0 Å². The Morgan fingerprint density at radius 2 is 1.78 bits per heavy atom. The van der Waals surface area contributed by atoms with E-state index in [9.17, 15) is 0 Å². The lowest BCUT2D eigenvalue weighted by Crippen LogP contribution is -1.93. The van der Waals surface area contributed by atoms with E-state index in [0.29, 0.717) is 6.61 Å². The number of methoxy groups -OCH3 is 1. The number of hydrogen-bond donors (Lipinski definition) is 1. The Balaban J connectivity index is 2.41. The van der Waals surface area contributed by atoms with Crippen molar-refractivity contribution in [1.29, 1.82) is 0 Å². The largest absolute Gasteiger partial charge is 0.392 e. The standard InChI is InChI=1S/C16H18O2/c1-12-3-8-16(15(9-12)11-18-2)14-6-4-13(10-17)5-7-14/h3-9,17H,10-11H2,1-2H3. The summed E-state index contributed by atoms with van der Waals surface area (Å²) in [4.78, 5) is 0. The number of aryl methyl sites for hydroxylation is 1. The summed E-state index contributed by atoms with van der Waals surface area (Å²) in [6.07, 6.45) is 0. The lowest BCUT2D eigenvalue weighted by molar-refractivity contribution is 0.185. The maximum Gasteiger partial charge on any atom is 0.0719 e. The normalized spacial score (nSPS) is 10.6. The molecule has 0 radical (unpaired) electrons. The van der Waals surface area contributed by atoms with Gasteiger partial charge in [0.05, 0.1) is 13.2 Å². The molecule has 0 spiro atoms. The summed E-state index contributed by atoms with van der Waals surface area (Å²) < 4.78 is 5.25. The maximum absolute atomic E-state index is 9.05. The highest BCUT2D eigenvalue weighted by Gasteiger charge is 2.05. The van der Waals surface area contributed by atoms with E-state index in [0.717, 1.165) is 11.1 Å². The summed E-state index contributed by atoms with van der Waals surface area (Å²) in [5.74, 6) is 0. The van der Waals surface area contributed by atoms with E-state index in [2.05, 4.69) is 25.1 Å². The molecule has 0 unspecified atom stereocenters. The lowest BCUT2D eigenvalue weighted by atomic mass is 9.97. The van der Waals surface area contributed by atoms with Crippen LogP contribution >= 0.6 is 0 Å². The molecule has 2 aromatic rings. The van der Waals surface area contributed by atoms with E-state index < -0.39 is 0 Å². The number of hydrogen-bond acceptors (Lipinski definition) is 2. The van der Waals surface area contributed by atoms with Crippen molar-refractivity contribution in [1.82, 2.24) is 0 Å². The van der Waals surface area contributed by atoms with Gasteiger partial charge in [0.1, 0.15) is 0 Å². The molecule has 0 aromatic heterocycles. The van der Waals surface area contributed by atoms with Crippen LogP contribution in [0.3, 0.4) is 0 Å². The van der Waals surface area contributed by atoms with Crippen molar-refractivity contribution in [2.24, 2.45) is 0 Å². The topological polar surface area (TPSA) is 29.5 Å². The highest BCUT2D eigenvalue weighted by molar-refractivity contribution is 5.68. The van der Waals surface area contributed by atoms with Crippen molar-refractivity contribution in [3.8, 4) is 11.1 Å². The van der Waals surface area contributed by atoms with Crippen LogP contribution in [0.1, 0.15) is 16.7 Å². The van der Waals surface area contributed by atoms with Gasteiger partial charge >= 0.3 is 0 Å². The summed E-state index contributed by atoms with van der Waals surface area (Å²) in [5, 5.41) is 9.05. The zero-order valence-corrected chi connectivity index (χ0v) is 10.8. The van der Waals surface area contributed by atoms with Gasteiger partial charge in [-0.3, -0.25) is 0 Å². The first-order chi connectivity index (χ1) is 8.74. The predicted octanol–water partition coefficient (Wildman–Crippen LogP) is 3.30. The van der Waals surface area contributed by atoms with E-state index >= 15 is 0 Å². The van der Waals surface area contributed by atoms with Crippen molar-refractivity contribution >= 4 is 0 Å². The van der Waals surface area contributed by atoms with Gasteiger partial charge in [-0.05, 0) is 29.2 Å². The summed E-state index contributed by atoms with van der Waals surface area (Å²) in [6.45, 7) is 2.77. The molecule has 2 rings (SSSR count). The average Bonchev–Trinajstić information content (AvgIpc) is 2.40. The molecule has 0 saturated heterocycles. The van der Waals surface area contributed by atoms with Crippen molar-refractivity contribution < 1.29 is 9.84 Å². The van der Waals surface area contributed by atoms with Crippen molar-refractivity contribution in [3.05, 3.63) is 59.2 Å². The van der Waals surface area contributed by atoms with Gasteiger partial charge in [0, 0.05) is 7.11 Å². The van der Waals surface area contributed by atoms with Crippen molar-refractivity contribution in [2.75, 3.05) is 7.11 Å². The fourth-order valence-corrected chi connectivity index (χ4v) is 2.07. The van der Waals surface area contributed by atoms with Crippen molar-refractivity contribution in [2.45, 2.75) is 20.1 Å². The molecule has 2 nitrogen and oxygen atoms in total. The first-order valence-electron chi connectivity index (χ1n) is 6.03. The summed E-state index contributed by atoms with van der Waals surface area (Å²) >= 11 is 0. The van der Waals surface area contributed by atoms with Crippen LogP contribution in [0.15, 0.2) is 42.5 Å². The summed E-state index contributed by atoms with van der Waals surface area (Å²) in [5.41, 5.74) is 5.69. The lowest BCUT2D eigenvalue weighted by Gasteiger charge is -2.10. The maximum atomic E-state index is 9.05. The minimum atomic E-state index is 0.0824. The zero-order valence-electron chi connectivity index (χ0n) is 10.8. The van der Waals surface area contributed by atoms with Crippen LogP contribution < -0.4 is 0 Å². The van der Waals surface area contributed by atoms with E-state index in [1.54, 1.807) is 7.11 Å². The minimum Gasteiger partial charge on any atom is -0.392 e. The number of aliphatic hydroxyl groups is 1. The van der Waals surface area contributed by atoms with Crippen molar-refractivity contribution in [3.63, 3.8) is 0 Å². The second-order valence-electron chi connectivity index (χ2n) is 4.45. The Labute approximate surface area is 108 Å². The molecular formula is C16H18O2. The van der Waals surface area contributed by atoms with Gasteiger partial charge < -0.3 is 9.84 Å². The Morgan fingerprint density at radius 3 is 2.39 bits per heavy atom. The summed E-state index contributed by atoms with van der Waals surface area (Å²) in [7, 11) is 1.71. The number of rotatable bonds is 4. The SMILES string of the molecule is COCc1cc(C)ccc1-c1ccc(CO)cc1. The first kappa shape index (κ1) is 12.8. The van der Waals surface area contributed by atoms with Gasteiger partial charge in [0.25, 0.3) is 0 Å². The molecule has 0 heterocycles. The Morgan fingerprint density at radius 1 is 1.06 bits per heavy atom. The van der Waals surface area contributed by atoms with Crippen LogP contribution in [0.2, 0.25) is 0 Å². The van der Waals surface area contributed by atoms with Crippen LogP contribution in [0.25, 0.3) is 11.1 Å². The quantitative estimate of drug-likeness (QED) is 0.891. The molecule has 0 aliphatic carbocycles. The second-order valence-corrected chi connectivity index (χ2v) is 4.45. The third-order valence-electron chi connectivity index (χ3n) is 3.01. The van der Waals surface area contributed by atoms with Crippen LogP contribution in [0.5, 0.6) is 0 Å². The molecular weight excluding hydrogens is 224 g/mol. The van der Waals surface area contributed by atoms with Gasteiger partial charge in [0.2, 0.25) is 0 Å². The van der Waals surface area contributed by atoms with E-state index in [1.807, 2.05) is 24.3 Å². The van der Waals surface area contributed by atoms with Gasteiger partial charge in [-0.25, -0.2) is 0 Å². The smallest absolute Gasteiger partial charge is 0.0719 e. The molecule has 94 valence electrons. The number of benzene rings is 2. The fourth-order valence-electron chi connectivity index (χ4n) is 2.07. The molecule has 18 heavy (non-hydrogen) atoms. The highest BCUT2D eigenvalue weighted by atomic mass is 16.5. The molecule has 0 saturated carbocycles. The Kier molecular flexibility index (Phi) is 4.13. The predicted molar refractivity (Wildman–Crippen MR) is 73.3 cm³/mol. The highest BCUT2D eigenvalue weighted by Crippen LogP contribution is 2.25. The van der Waals surface area contributed by atoms with Gasteiger partial charge in [-0.15, -0.1) is 0 Å². The second kappa shape index (κ2) is 5.80. The fraction of sp³-hybridized carbons (Fsp3) is 0.250.